The number of H-pyrrole nitrogens is 2. The van der Waals surface area contributed by atoms with E-state index in [4.69, 9.17) is 12.2 Å². The Hall–Kier alpha value is -2.34. The Balaban J connectivity index is 2.15. The van der Waals surface area contributed by atoms with Crippen LogP contribution in [0.5, 0.6) is 0 Å². The molecule has 6 heteroatoms. The molecule has 18 heavy (non-hydrogen) atoms. The van der Waals surface area contributed by atoms with Gasteiger partial charge in [-0.05, 0) is 11.6 Å². The van der Waals surface area contributed by atoms with Crippen LogP contribution >= 0.6 is 12.2 Å². The molecule has 0 aliphatic carbocycles. The van der Waals surface area contributed by atoms with E-state index >= 15 is 0 Å². The summed E-state index contributed by atoms with van der Waals surface area (Å²) in [5.74, 6) is 1.15. The van der Waals surface area contributed by atoms with Crippen LogP contribution in [0.25, 0.3) is 22.9 Å². The van der Waals surface area contributed by atoms with Crippen LogP contribution in [0, 0.1) is 4.64 Å². The van der Waals surface area contributed by atoms with Crippen molar-refractivity contribution >= 4 is 12.2 Å². The predicted molar refractivity (Wildman–Crippen MR) is 70.2 cm³/mol. The van der Waals surface area contributed by atoms with Crippen molar-refractivity contribution in [1.82, 2.24) is 25.1 Å². The van der Waals surface area contributed by atoms with E-state index in [0.717, 1.165) is 11.3 Å². The van der Waals surface area contributed by atoms with Gasteiger partial charge >= 0.3 is 0 Å². The van der Waals surface area contributed by atoms with E-state index in [9.17, 15) is 0 Å². The molecule has 0 radical (unpaired) electrons. The lowest BCUT2D eigenvalue weighted by atomic mass is 10.1. The molecule has 0 aliphatic heterocycles. The first-order chi connectivity index (χ1) is 8.83. The van der Waals surface area contributed by atoms with Crippen molar-refractivity contribution in [3.63, 3.8) is 0 Å². The number of hydrogen-bond acceptors (Lipinski definition) is 4. The molecule has 3 rings (SSSR count). The highest BCUT2D eigenvalue weighted by molar-refractivity contribution is 7.71. The van der Waals surface area contributed by atoms with Gasteiger partial charge in [0.25, 0.3) is 0 Å². The van der Waals surface area contributed by atoms with Crippen molar-refractivity contribution in [3.8, 4) is 22.9 Å². The molecule has 2 N–H and O–H groups in total. The lowest BCUT2D eigenvalue weighted by molar-refractivity contribution is 1.06. The van der Waals surface area contributed by atoms with Gasteiger partial charge in [0.05, 0.1) is 5.69 Å². The molecular formula is C12H9N5S. The van der Waals surface area contributed by atoms with Gasteiger partial charge in [0, 0.05) is 0 Å². The van der Waals surface area contributed by atoms with Crippen LogP contribution in [-0.4, -0.2) is 25.1 Å². The van der Waals surface area contributed by atoms with Crippen molar-refractivity contribution in [2.75, 3.05) is 0 Å². The summed E-state index contributed by atoms with van der Waals surface area (Å²) in [5.41, 5.74) is 1.95. The monoisotopic (exact) mass is 255 g/mol. The Morgan fingerprint density at radius 1 is 1.06 bits per heavy atom. The lowest BCUT2D eigenvalue weighted by Crippen LogP contribution is -1.94. The van der Waals surface area contributed by atoms with Crippen LogP contribution in [-0.2, 0) is 0 Å². The number of nitrogens with zero attached hydrogens (tertiary/aromatic N) is 3. The van der Waals surface area contributed by atoms with Gasteiger partial charge in [0.15, 0.2) is 11.6 Å². The van der Waals surface area contributed by atoms with E-state index in [1.165, 1.54) is 6.33 Å². The van der Waals surface area contributed by atoms with E-state index in [-0.39, 0.29) is 0 Å². The predicted octanol–water partition coefficient (Wildman–Crippen LogP) is 2.59. The van der Waals surface area contributed by atoms with Crippen LogP contribution in [0.2, 0.25) is 0 Å². The minimum absolute atomic E-state index is 0.513. The molecule has 0 spiro atoms. The summed E-state index contributed by atoms with van der Waals surface area (Å²) in [5, 5.41) is 6.56. The van der Waals surface area contributed by atoms with Crippen molar-refractivity contribution in [1.29, 1.82) is 0 Å². The molecule has 2 aromatic heterocycles. The van der Waals surface area contributed by atoms with E-state index in [2.05, 4.69) is 25.1 Å². The summed E-state index contributed by atoms with van der Waals surface area (Å²) in [7, 11) is 0. The van der Waals surface area contributed by atoms with Crippen molar-refractivity contribution in [2.45, 2.75) is 0 Å². The average Bonchev–Trinajstić information content (AvgIpc) is 2.93. The zero-order chi connectivity index (χ0) is 12.4. The molecule has 0 bridgehead atoms. The second-order valence-electron chi connectivity index (χ2n) is 3.68. The van der Waals surface area contributed by atoms with Crippen LogP contribution < -0.4 is 0 Å². The first-order valence-electron chi connectivity index (χ1n) is 5.35. The van der Waals surface area contributed by atoms with Crippen molar-refractivity contribution < 1.29 is 0 Å². The van der Waals surface area contributed by atoms with Gasteiger partial charge in [-0.2, -0.15) is 5.10 Å². The minimum Gasteiger partial charge on any atom is -0.336 e. The first kappa shape index (κ1) is 10.8. The van der Waals surface area contributed by atoms with E-state index in [1.54, 1.807) is 0 Å². The molecule has 3 aromatic rings. The van der Waals surface area contributed by atoms with Crippen LogP contribution in [0.3, 0.4) is 0 Å². The third kappa shape index (κ3) is 2.05. The summed E-state index contributed by atoms with van der Waals surface area (Å²) in [6.45, 7) is 0. The van der Waals surface area contributed by atoms with Gasteiger partial charge in [-0.3, -0.25) is 5.10 Å². The number of hydrogen-bond donors (Lipinski definition) is 2. The summed E-state index contributed by atoms with van der Waals surface area (Å²) in [6, 6.07) is 11.7. The Bertz CT molecular complexity index is 703. The Morgan fingerprint density at radius 2 is 1.89 bits per heavy atom. The van der Waals surface area contributed by atoms with Crippen LogP contribution in [0.15, 0.2) is 42.7 Å². The first-order valence-corrected chi connectivity index (χ1v) is 5.76. The fourth-order valence-corrected chi connectivity index (χ4v) is 1.87. The molecule has 0 saturated carbocycles. The molecule has 0 fully saturated rings. The van der Waals surface area contributed by atoms with Gasteiger partial charge < -0.3 is 4.98 Å². The second kappa shape index (κ2) is 4.50. The number of aromatic nitrogens is 5. The van der Waals surface area contributed by atoms with Gasteiger partial charge in [-0.1, -0.05) is 42.5 Å². The van der Waals surface area contributed by atoms with E-state index < -0.39 is 0 Å². The largest absolute Gasteiger partial charge is 0.336 e. The summed E-state index contributed by atoms with van der Waals surface area (Å²) in [4.78, 5) is 11.5. The standard InChI is InChI=1S/C12H9N5S/c18-10-6-9(8-4-2-1-3-5-8)15-12(16-10)11-13-7-14-17-11/h1-7H,(H,13,14,17)(H,15,16,18). The molecule has 0 amide bonds. The fourth-order valence-electron chi connectivity index (χ4n) is 1.66. The quantitative estimate of drug-likeness (QED) is 0.690. The highest BCUT2D eigenvalue weighted by atomic mass is 32.1. The second-order valence-corrected chi connectivity index (χ2v) is 4.10. The average molecular weight is 255 g/mol. The number of nitrogens with one attached hydrogen (secondary N) is 2. The maximum atomic E-state index is 5.17. The minimum atomic E-state index is 0.513. The number of aromatic amines is 2. The molecule has 0 atom stereocenters. The Labute approximate surface area is 108 Å². The van der Waals surface area contributed by atoms with Gasteiger partial charge in [-0.25, -0.2) is 9.97 Å². The molecule has 5 nitrogen and oxygen atoms in total. The zero-order valence-corrected chi connectivity index (χ0v) is 10.1. The highest BCUT2D eigenvalue weighted by Gasteiger charge is 2.05. The third-order valence-electron chi connectivity index (χ3n) is 2.47. The topological polar surface area (TPSA) is 70.2 Å². The van der Waals surface area contributed by atoms with Crippen molar-refractivity contribution in [3.05, 3.63) is 47.4 Å². The molecular weight excluding hydrogens is 246 g/mol. The lowest BCUT2D eigenvalue weighted by Gasteiger charge is -2.03. The van der Waals surface area contributed by atoms with Crippen LogP contribution in [0.4, 0.5) is 0 Å². The van der Waals surface area contributed by atoms with Gasteiger partial charge in [0.1, 0.15) is 11.0 Å². The van der Waals surface area contributed by atoms with Crippen LogP contribution in [0.1, 0.15) is 0 Å². The van der Waals surface area contributed by atoms with Crippen molar-refractivity contribution in [2.24, 2.45) is 0 Å². The fraction of sp³-hybridized carbons (Fsp3) is 0. The van der Waals surface area contributed by atoms with E-state index in [0.29, 0.717) is 16.3 Å². The molecule has 88 valence electrons. The molecule has 1 aromatic carbocycles. The molecule has 0 aliphatic rings. The molecule has 2 heterocycles. The normalized spacial score (nSPS) is 10.4. The third-order valence-corrected chi connectivity index (χ3v) is 2.68. The van der Waals surface area contributed by atoms with Gasteiger partial charge in [0.2, 0.25) is 0 Å². The maximum Gasteiger partial charge on any atom is 0.191 e. The Kier molecular flexibility index (Phi) is 2.70. The summed E-state index contributed by atoms with van der Waals surface area (Å²) in [6.07, 6.45) is 1.43. The Morgan fingerprint density at radius 3 is 2.61 bits per heavy atom. The zero-order valence-electron chi connectivity index (χ0n) is 9.29. The molecule has 0 unspecified atom stereocenters. The number of benzene rings is 1. The maximum absolute atomic E-state index is 5.17. The number of rotatable bonds is 2. The SMILES string of the molecule is S=c1cc(-c2ccccc2)[nH]c(-c2ncn[nH]2)n1. The van der Waals surface area contributed by atoms with Gasteiger partial charge in [-0.15, -0.1) is 0 Å². The molecule has 0 saturated heterocycles. The summed E-state index contributed by atoms with van der Waals surface area (Å²) < 4.78 is 0.513. The smallest absolute Gasteiger partial charge is 0.191 e. The highest BCUT2D eigenvalue weighted by Crippen LogP contribution is 2.18. The summed E-state index contributed by atoms with van der Waals surface area (Å²) >= 11 is 5.17. The van der Waals surface area contributed by atoms with E-state index in [1.807, 2.05) is 36.4 Å².